The van der Waals surface area contributed by atoms with Gasteiger partial charge >= 0.3 is 5.97 Å². The van der Waals surface area contributed by atoms with Crippen LogP contribution in [0.25, 0.3) is 0 Å². The number of carbonyl (C=O) groups is 2. The number of allylic oxidation sites excluding steroid dienone is 4. The molecule has 166 valence electrons. The molecule has 1 rings (SSSR count). The van der Waals surface area contributed by atoms with E-state index in [0.717, 1.165) is 5.57 Å². The predicted molar refractivity (Wildman–Crippen MR) is 123 cm³/mol. The molecule has 0 aliphatic carbocycles. The number of halogens is 1. The third-order valence-electron chi connectivity index (χ3n) is 4.33. The lowest BCUT2D eigenvalue weighted by Crippen LogP contribution is -2.43. The number of terminal acetylenes is 1. The summed E-state index contributed by atoms with van der Waals surface area (Å²) < 4.78 is 10.6. The molecular weight excluding hydrogens is 424 g/mol. The van der Waals surface area contributed by atoms with Gasteiger partial charge in [0.25, 0.3) is 0 Å². The zero-order valence-corrected chi connectivity index (χ0v) is 19.5. The number of carbonyl (C=O) groups excluding carboxylic acids is 2. The summed E-state index contributed by atoms with van der Waals surface area (Å²) in [5, 5.41) is 3.42. The van der Waals surface area contributed by atoms with Crippen LogP contribution < -0.4 is 5.32 Å². The van der Waals surface area contributed by atoms with E-state index in [1.807, 2.05) is 18.7 Å². The van der Waals surface area contributed by atoms with E-state index in [2.05, 4.69) is 11.2 Å². The first-order valence-corrected chi connectivity index (χ1v) is 11.5. The molecule has 8 heteroatoms. The normalized spacial score (nSPS) is 17.2. The van der Waals surface area contributed by atoms with Gasteiger partial charge in [0, 0.05) is 24.9 Å². The number of hydrogen-bond acceptors (Lipinski definition) is 6. The number of esters is 1. The monoisotopic (exact) mass is 454 g/mol. The van der Waals surface area contributed by atoms with E-state index in [4.69, 9.17) is 27.5 Å². The van der Waals surface area contributed by atoms with Crippen LogP contribution >= 0.6 is 23.4 Å². The Kier molecular flexibility index (Phi) is 13.3. The van der Waals surface area contributed by atoms with Gasteiger partial charge in [-0.25, -0.2) is 4.79 Å². The van der Waals surface area contributed by atoms with Crippen molar-refractivity contribution >= 4 is 35.2 Å². The maximum atomic E-state index is 12.9. The molecule has 1 atom stereocenters. The van der Waals surface area contributed by atoms with Crippen molar-refractivity contribution in [2.45, 2.75) is 20.8 Å². The first kappa shape index (κ1) is 26.3. The topological polar surface area (TPSA) is 67.9 Å². The van der Waals surface area contributed by atoms with Gasteiger partial charge in [-0.1, -0.05) is 31.9 Å². The van der Waals surface area contributed by atoms with Crippen molar-refractivity contribution in [1.82, 2.24) is 10.2 Å². The fourth-order valence-corrected chi connectivity index (χ4v) is 3.87. The van der Waals surface area contributed by atoms with Crippen molar-refractivity contribution in [2.24, 2.45) is 5.92 Å². The highest BCUT2D eigenvalue weighted by molar-refractivity contribution is 8.03. The Morgan fingerprint density at radius 2 is 2.07 bits per heavy atom. The van der Waals surface area contributed by atoms with Gasteiger partial charge in [0.2, 0.25) is 5.91 Å². The molecular formula is C22H31ClN2O4S. The van der Waals surface area contributed by atoms with Crippen molar-refractivity contribution < 1.29 is 19.1 Å². The Labute approximate surface area is 189 Å². The summed E-state index contributed by atoms with van der Waals surface area (Å²) in [5.41, 5.74) is 1.11. The average molecular weight is 455 g/mol. The van der Waals surface area contributed by atoms with Gasteiger partial charge in [-0.15, -0.1) is 29.8 Å². The zero-order chi connectivity index (χ0) is 22.4. The molecule has 1 aliphatic rings. The van der Waals surface area contributed by atoms with Crippen LogP contribution in [0.5, 0.6) is 0 Å². The van der Waals surface area contributed by atoms with Crippen LogP contribution in [0.3, 0.4) is 0 Å². The van der Waals surface area contributed by atoms with Crippen molar-refractivity contribution in [1.29, 1.82) is 0 Å². The van der Waals surface area contributed by atoms with Crippen LogP contribution in [0.1, 0.15) is 20.8 Å². The number of hydrogen-bond donors (Lipinski definition) is 1. The van der Waals surface area contributed by atoms with Gasteiger partial charge in [-0.3, -0.25) is 9.69 Å². The highest BCUT2D eigenvalue weighted by atomic mass is 35.5. The van der Waals surface area contributed by atoms with Crippen molar-refractivity contribution in [3.8, 4) is 12.3 Å². The van der Waals surface area contributed by atoms with Crippen LogP contribution in [0, 0.1) is 18.3 Å². The molecule has 0 radical (unpaired) electrons. The van der Waals surface area contributed by atoms with E-state index < -0.39 is 11.9 Å². The molecule has 1 amide bonds. The maximum Gasteiger partial charge on any atom is 0.337 e. The molecule has 0 aromatic carbocycles. The molecule has 1 saturated heterocycles. The second kappa shape index (κ2) is 15.1. The Morgan fingerprint density at radius 1 is 1.37 bits per heavy atom. The van der Waals surface area contributed by atoms with Crippen molar-refractivity contribution in [2.75, 3.05) is 51.1 Å². The number of ether oxygens (including phenoxy) is 2. The Bertz CT molecular complexity index is 706. The molecule has 1 heterocycles. The molecule has 0 aromatic heterocycles. The summed E-state index contributed by atoms with van der Waals surface area (Å²) in [4.78, 5) is 27.6. The van der Waals surface area contributed by atoms with Crippen LogP contribution in [-0.4, -0.2) is 67.9 Å². The third-order valence-corrected chi connectivity index (χ3v) is 5.41. The number of thioether (sulfide) groups is 1. The molecule has 1 unspecified atom stereocenters. The van der Waals surface area contributed by atoms with E-state index in [1.54, 1.807) is 25.2 Å². The number of morpholine rings is 1. The summed E-state index contributed by atoms with van der Waals surface area (Å²) in [6.07, 6.45) is 10.6. The molecule has 30 heavy (non-hydrogen) atoms. The largest absolute Gasteiger partial charge is 0.463 e. The number of amides is 1. The summed E-state index contributed by atoms with van der Waals surface area (Å²) in [6, 6.07) is 0. The van der Waals surface area contributed by atoms with Crippen LogP contribution in [0.15, 0.2) is 34.4 Å². The average Bonchev–Trinajstić information content (AvgIpc) is 2.72. The Balaban J connectivity index is 3.24. The Morgan fingerprint density at radius 3 is 2.63 bits per heavy atom. The predicted octanol–water partition coefficient (Wildman–Crippen LogP) is 2.95. The summed E-state index contributed by atoms with van der Waals surface area (Å²) in [5.74, 6) is 2.45. The summed E-state index contributed by atoms with van der Waals surface area (Å²) >= 11 is 7.16. The second-order valence-corrected chi connectivity index (χ2v) is 8.01. The van der Waals surface area contributed by atoms with Gasteiger partial charge in [0.15, 0.2) is 0 Å². The second-order valence-electron chi connectivity index (χ2n) is 6.42. The fourth-order valence-electron chi connectivity index (χ4n) is 2.89. The minimum atomic E-state index is -0.477. The number of nitrogens with one attached hydrogen (secondary N) is 1. The summed E-state index contributed by atoms with van der Waals surface area (Å²) in [7, 11) is 0. The van der Waals surface area contributed by atoms with E-state index in [0.29, 0.717) is 48.5 Å². The molecule has 0 aromatic rings. The van der Waals surface area contributed by atoms with Crippen LogP contribution in [0.4, 0.5) is 0 Å². The van der Waals surface area contributed by atoms with Crippen LogP contribution in [-0.2, 0) is 19.1 Å². The highest BCUT2D eigenvalue weighted by Gasteiger charge is 2.27. The minimum Gasteiger partial charge on any atom is -0.463 e. The van der Waals surface area contributed by atoms with Gasteiger partial charge in [-0.05, 0) is 24.3 Å². The first-order valence-electron chi connectivity index (χ1n) is 10.0. The van der Waals surface area contributed by atoms with Gasteiger partial charge in [0.1, 0.15) is 0 Å². The lowest BCUT2D eigenvalue weighted by Gasteiger charge is -2.26. The number of rotatable bonds is 11. The molecule has 1 fully saturated rings. The standard InChI is InChI=1S/C22H31ClN2O4S/c1-5-9-18(10-8-11-23)17(4)20(22(27)29-6-2)21(30-7-3)24-19(26)16-25-12-14-28-15-13-25/h1,8-10,17H,6-7,11-16H2,2-4H3,(H,24,26)/b10-8-,18-9+,21-20+. The number of alkyl halides is 1. The van der Waals surface area contributed by atoms with Crippen molar-refractivity contribution in [3.05, 3.63) is 34.4 Å². The molecule has 0 spiro atoms. The number of nitrogens with zero attached hydrogens (tertiary/aromatic N) is 1. The lowest BCUT2D eigenvalue weighted by atomic mass is 9.92. The molecule has 1 N–H and O–H groups in total. The quantitative estimate of drug-likeness (QED) is 0.170. The van der Waals surface area contributed by atoms with Crippen LogP contribution in [0.2, 0.25) is 0 Å². The molecule has 1 aliphatic heterocycles. The minimum absolute atomic E-state index is 0.180. The van der Waals surface area contributed by atoms with E-state index >= 15 is 0 Å². The van der Waals surface area contributed by atoms with Gasteiger partial charge in [0.05, 0.1) is 37.0 Å². The van der Waals surface area contributed by atoms with Gasteiger partial charge in [-0.2, -0.15) is 0 Å². The van der Waals surface area contributed by atoms with Crippen molar-refractivity contribution in [3.63, 3.8) is 0 Å². The molecule has 6 nitrogen and oxygen atoms in total. The fraction of sp³-hybridized carbons (Fsp3) is 0.545. The smallest absolute Gasteiger partial charge is 0.337 e. The maximum absolute atomic E-state index is 12.9. The van der Waals surface area contributed by atoms with Gasteiger partial charge < -0.3 is 14.8 Å². The molecule has 0 bridgehead atoms. The zero-order valence-electron chi connectivity index (χ0n) is 17.9. The lowest BCUT2D eigenvalue weighted by molar-refractivity contribution is -0.139. The Hall–Kier alpha value is -1.72. The third kappa shape index (κ3) is 8.97. The van der Waals surface area contributed by atoms with E-state index in [9.17, 15) is 9.59 Å². The van der Waals surface area contributed by atoms with E-state index in [1.165, 1.54) is 11.8 Å². The SMILES string of the molecule is C#C/C=C(\C=C/CCl)C(C)/C(C(=O)OCC)=C(/NC(=O)CN1CCOCC1)SCC. The highest BCUT2D eigenvalue weighted by Crippen LogP contribution is 2.29. The van der Waals surface area contributed by atoms with E-state index in [-0.39, 0.29) is 19.1 Å². The molecule has 0 saturated carbocycles. The summed E-state index contributed by atoms with van der Waals surface area (Å²) in [6.45, 7) is 8.65. The first-order chi connectivity index (χ1) is 14.5.